The van der Waals surface area contributed by atoms with Gasteiger partial charge in [-0.2, -0.15) is 0 Å². The smallest absolute Gasteiger partial charge is 0.275 e. The molecule has 0 saturated carbocycles. The molecule has 0 spiro atoms. The minimum atomic E-state index is -1.83. The molecule has 0 aliphatic carbocycles. The summed E-state index contributed by atoms with van der Waals surface area (Å²) in [6.07, 6.45) is 0. The summed E-state index contributed by atoms with van der Waals surface area (Å²) in [5.74, 6) is 0. The SMILES string of the molecule is COC(O)(Cl)c1ccccc1Cl. The first-order chi connectivity index (χ1) is 5.58. The molecule has 1 N–H and O–H groups in total. The van der Waals surface area contributed by atoms with Crippen LogP contribution < -0.4 is 0 Å². The van der Waals surface area contributed by atoms with Crippen molar-refractivity contribution in [3.63, 3.8) is 0 Å². The zero-order valence-electron chi connectivity index (χ0n) is 6.42. The zero-order chi connectivity index (χ0) is 9.19. The molecule has 0 bridgehead atoms. The molecule has 0 saturated heterocycles. The lowest BCUT2D eigenvalue weighted by Gasteiger charge is -2.19. The van der Waals surface area contributed by atoms with E-state index in [2.05, 4.69) is 4.74 Å². The third kappa shape index (κ3) is 1.90. The molecule has 2 nitrogen and oxygen atoms in total. The second-order valence-electron chi connectivity index (χ2n) is 2.25. The average molecular weight is 207 g/mol. The lowest BCUT2D eigenvalue weighted by molar-refractivity contribution is -0.121. The van der Waals surface area contributed by atoms with E-state index >= 15 is 0 Å². The van der Waals surface area contributed by atoms with E-state index in [1.54, 1.807) is 24.3 Å². The van der Waals surface area contributed by atoms with Crippen molar-refractivity contribution in [2.75, 3.05) is 7.11 Å². The molecule has 0 aliphatic heterocycles. The van der Waals surface area contributed by atoms with Crippen molar-refractivity contribution in [3.8, 4) is 0 Å². The van der Waals surface area contributed by atoms with Crippen LogP contribution in [-0.2, 0) is 9.98 Å². The van der Waals surface area contributed by atoms with Gasteiger partial charge in [0, 0.05) is 12.7 Å². The van der Waals surface area contributed by atoms with Crippen LogP contribution in [0.5, 0.6) is 0 Å². The summed E-state index contributed by atoms with van der Waals surface area (Å²) >= 11 is 11.4. The number of aliphatic hydroxyl groups is 1. The molecule has 0 radical (unpaired) electrons. The molecule has 0 aliphatic rings. The molecule has 12 heavy (non-hydrogen) atoms. The molecule has 1 aromatic rings. The van der Waals surface area contributed by atoms with Gasteiger partial charge < -0.3 is 9.84 Å². The number of rotatable bonds is 2. The maximum Gasteiger partial charge on any atom is 0.275 e. The topological polar surface area (TPSA) is 29.5 Å². The molecule has 0 amide bonds. The summed E-state index contributed by atoms with van der Waals surface area (Å²) < 4.78 is 4.64. The maximum absolute atomic E-state index is 9.43. The van der Waals surface area contributed by atoms with Gasteiger partial charge in [0.25, 0.3) is 5.25 Å². The number of hydrogen-bond donors (Lipinski definition) is 1. The lowest BCUT2D eigenvalue weighted by Crippen LogP contribution is -2.20. The van der Waals surface area contributed by atoms with E-state index < -0.39 is 5.25 Å². The van der Waals surface area contributed by atoms with E-state index in [0.29, 0.717) is 10.6 Å². The van der Waals surface area contributed by atoms with Gasteiger partial charge in [-0.1, -0.05) is 41.4 Å². The van der Waals surface area contributed by atoms with Crippen LogP contribution in [0, 0.1) is 0 Å². The number of halogens is 2. The van der Waals surface area contributed by atoms with Gasteiger partial charge in [-0.3, -0.25) is 0 Å². The lowest BCUT2D eigenvalue weighted by atomic mass is 10.2. The van der Waals surface area contributed by atoms with Crippen molar-refractivity contribution >= 4 is 23.2 Å². The third-order valence-electron chi connectivity index (χ3n) is 1.48. The summed E-state index contributed by atoms with van der Waals surface area (Å²) in [5.41, 5.74) is 0.343. The van der Waals surface area contributed by atoms with E-state index in [4.69, 9.17) is 23.2 Å². The molecular weight excluding hydrogens is 199 g/mol. The van der Waals surface area contributed by atoms with Crippen molar-refractivity contribution < 1.29 is 9.84 Å². The van der Waals surface area contributed by atoms with Gasteiger partial charge in [0.15, 0.2) is 0 Å². The summed E-state index contributed by atoms with van der Waals surface area (Å²) in [5, 5.41) is 7.97. The van der Waals surface area contributed by atoms with Crippen LogP contribution in [0.15, 0.2) is 24.3 Å². The van der Waals surface area contributed by atoms with Crippen LogP contribution in [0.3, 0.4) is 0 Å². The maximum atomic E-state index is 9.43. The van der Waals surface area contributed by atoms with E-state index in [1.807, 2.05) is 0 Å². The summed E-state index contributed by atoms with van der Waals surface area (Å²) in [6.45, 7) is 0. The molecule has 4 heteroatoms. The van der Waals surface area contributed by atoms with Gasteiger partial charge in [-0.15, -0.1) is 0 Å². The molecule has 1 unspecified atom stereocenters. The second-order valence-corrected chi connectivity index (χ2v) is 3.16. The Balaban J connectivity index is 3.10. The van der Waals surface area contributed by atoms with Gasteiger partial charge in [0.05, 0.1) is 5.02 Å². The van der Waals surface area contributed by atoms with E-state index in [9.17, 15) is 5.11 Å². The normalized spacial score (nSPS) is 15.7. The Hall–Kier alpha value is -0.280. The fraction of sp³-hybridized carbons (Fsp3) is 0.250. The molecular formula is C8H8Cl2O2. The molecule has 1 aromatic carbocycles. The third-order valence-corrected chi connectivity index (χ3v) is 2.16. The Morgan fingerprint density at radius 1 is 1.42 bits per heavy atom. The Morgan fingerprint density at radius 3 is 2.50 bits per heavy atom. The van der Waals surface area contributed by atoms with E-state index in [-0.39, 0.29) is 0 Å². The highest BCUT2D eigenvalue weighted by atomic mass is 35.5. The Bertz CT molecular complexity index is 274. The average Bonchev–Trinajstić information content (AvgIpc) is 2.05. The predicted molar refractivity (Wildman–Crippen MR) is 48.2 cm³/mol. The van der Waals surface area contributed by atoms with Gasteiger partial charge in [0.2, 0.25) is 0 Å². The molecule has 1 rings (SSSR count). The van der Waals surface area contributed by atoms with Gasteiger partial charge in [-0.25, -0.2) is 0 Å². The molecule has 0 aromatic heterocycles. The number of benzene rings is 1. The minimum Gasteiger partial charge on any atom is -0.349 e. The Labute approximate surface area is 80.7 Å². The van der Waals surface area contributed by atoms with Crippen LogP contribution in [0.2, 0.25) is 5.02 Å². The summed E-state index contributed by atoms with van der Waals surface area (Å²) in [7, 11) is 1.30. The van der Waals surface area contributed by atoms with Gasteiger partial charge in [0.1, 0.15) is 0 Å². The fourth-order valence-corrected chi connectivity index (χ4v) is 1.30. The first-order valence-electron chi connectivity index (χ1n) is 3.29. The number of hydrogen-bond acceptors (Lipinski definition) is 2. The van der Waals surface area contributed by atoms with E-state index in [1.165, 1.54) is 7.11 Å². The van der Waals surface area contributed by atoms with Crippen molar-refractivity contribution in [1.29, 1.82) is 0 Å². The second kappa shape index (κ2) is 3.62. The Morgan fingerprint density at radius 2 is 2.00 bits per heavy atom. The zero-order valence-corrected chi connectivity index (χ0v) is 7.93. The molecule has 1 atom stereocenters. The standard InChI is InChI=1S/C8H8Cl2O2/c1-12-8(10,11)6-4-2-3-5-7(6)9/h2-5,11H,1H3. The highest BCUT2D eigenvalue weighted by Gasteiger charge is 2.27. The first-order valence-corrected chi connectivity index (χ1v) is 4.05. The number of ether oxygens (including phenoxy) is 1. The molecule has 0 heterocycles. The van der Waals surface area contributed by atoms with Crippen molar-refractivity contribution in [2.24, 2.45) is 0 Å². The predicted octanol–water partition coefficient (Wildman–Crippen LogP) is 2.33. The summed E-state index contributed by atoms with van der Waals surface area (Å²) in [4.78, 5) is 0. The molecule has 66 valence electrons. The minimum absolute atomic E-state index is 0.343. The van der Waals surface area contributed by atoms with E-state index in [0.717, 1.165) is 0 Å². The summed E-state index contributed by atoms with van der Waals surface area (Å²) in [6, 6.07) is 6.68. The van der Waals surface area contributed by atoms with Crippen molar-refractivity contribution in [3.05, 3.63) is 34.9 Å². The number of alkyl halides is 1. The monoisotopic (exact) mass is 206 g/mol. The largest absolute Gasteiger partial charge is 0.349 e. The van der Waals surface area contributed by atoms with Crippen LogP contribution in [-0.4, -0.2) is 12.2 Å². The quantitative estimate of drug-likeness (QED) is 0.595. The van der Waals surface area contributed by atoms with Crippen LogP contribution in [0.25, 0.3) is 0 Å². The Kier molecular flexibility index (Phi) is 2.96. The van der Waals surface area contributed by atoms with Crippen LogP contribution in [0.4, 0.5) is 0 Å². The van der Waals surface area contributed by atoms with Crippen molar-refractivity contribution in [1.82, 2.24) is 0 Å². The van der Waals surface area contributed by atoms with Crippen molar-refractivity contribution in [2.45, 2.75) is 5.25 Å². The number of methoxy groups -OCH3 is 1. The molecule has 0 fully saturated rings. The van der Waals surface area contributed by atoms with Gasteiger partial charge in [-0.05, 0) is 6.07 Å². The van der Waals surface area contributed by atoms with Crippen LogP contribution in [0.1, 0.15) is 5.56 Å². The highest BCUT2D eigenvalue weighted by Crippen LogP contribution is 2.31. The van der Waals surface area contributed by atoms with Crippen LogP contribution >= 0.6 is 23.2 Å². The highest BCUT2D eigenvalue weighted by molar-refractivity contribution is 6.33. The first kappa shape index (κ1) is 9.81. The fourth-order valence-electron chi connectivity index (χ4n) is 0.821. The van der Waals surface area contributed by atoms with Gasteiger partial charge >= 0.3 is 0 Å².